The second-order valence-electron chi connectivity index (χ2n) is 7.34. The van der Waals surface area contributed by atoms with Gasteiger partial charge in [0.25, 0.3) is 17.5 Å². The number of nitro benzene ring substituents is 1. The second-order valence-corrected chi connectivity index (χ2v) is 7.34. The first-order valence-corrected chi connectivity index (χ1v) is 9.77. The van der Waals surface area contributed by atoms with Crippen molar-refractivity contribution in [2.75, 3.05) is 26.2 Å². The van der Waals surface area contributed by atoms with Crippen molar-refractivity contribution in [2.24, 2.45) is 0 Å². The molecule has 0 bridgehead atoms. The molecule has 2 amide bonds. The van der Waals surface area contributed by atoms with Crippen molar-refractivity contribution in [1.82, 2.24) is 9.80 Å². The van der Waals surface area contributed by atoms with E-state index in [0.717, 1.165) is 10.8 Å². The minimum Gasteiger partial charge on any atom is -0.335 e. The third kappa shape index (κ3) is 3.50. The largest absolute Gasteiger partial charge is 0.335 e. The lowest BCUT2D eigenvalue weighted by atomic mass is 10.0. The van der Waals surface area contributed by atoms with Crippen LogP contribution in [-0.4, -0.2) is 52.7 Å². The van der Waals surface area contributed by atoms with Gasteiger partial charge < -0.3 is 9.80 Å². The molecule has 0 aromatic heterocycles. The Kier molecular flexibility index (Phi) is 5.18. The summed E-state index contributed by atoms with van der Waals surface area (Å²) in [5.74, 6) is -0.442. The van der Waals surface area contributed by atoms with E-state index in [4.69, 9.17) is 0 Å². The Morgan fingerprint density at radius 1 is 0.800 bits per heavy atom. The molecule has 0 radical (unpaired) electrons. The van der Waals surface area contributed by atoms with Crippen LogP contribution >= 0.6 is 0 Å². The Bertz CT molecular complexity index is 1140. The predicted molar refractivity (Wildman–Crippen MR) is 114 cm³/mol. The average molecular weight is 403 g/mol. The van der Waals surface area contributed by atoms with Crippen LogP contribution in [0.15, 0.2) is 60.7 Å². The fourth-order valence-electron chi connectivity index (χ4n) is 3.94. The van der Waals surface area contributed by atoms with Crippen LogP contribution in [0.4, 0.5) is 5.69 Å². The van der Waals surface area contributed by atoms with Crippen LogP contribution in [0.3, 0.4) is 0 Å². The number of para-hydroxylation sites is 1. The number of benzene rings is 3. The smallest absolute Gasteiger partial charge is 0.285 e. The summed E-state index contributed by atoms with van der Waals surface area (Å²) in [5, 5.41) is 13.3. The van der Waals surface area contributed by atoms with Crippen LogP contribution in [-0.2, 0) is 0 Å². The molecular formula is C23H21N3O4. The van der Waals surface area contributed by atoms with Gasteiger partial charge in [0.15, 0.2) is 0 Å². The van der Waals surface area contributed by atoms with Gasteiger partial charge in [0.1, 0.15) is 5.56 Å². The maximum Gasteiger partial charge on any atom is 0.285 e. The lowest BCUT2D eigenvalue weighted by Crippen LogP contribution is -2.50. The molecule has 152 valence electrons. The van der Waals surface area contributed by atoms with Crippen molar-refractivity contribution in [2.45, 2.75) is 6.92 Å². The number of hydrogen-bond donors (Lipinski definition) is 0. The molecule has 0 aliphatic carbocycles. The van der Waals surface area contributed by atoms with Gasteiger partial charge >= 0.3 is 0 Å². The molecule has 3 aromatic carbocycles. The van der Waals surface area contributed by atoms with E-state index in [1.807, 2.05) is 42.5 Å². The Balaban J connectivity index is 1.50. The van der Waals surface area contributed by atoms with Gasteiger partial charge in [0.2, 0.25) is 0 Å². The highest BCUT2D eigenvalue weighted by atomic mass is 16.6. The fourth-order valence-corrected chi connectivity index (χ4v) is 3.94. The summed E-state index contributed by atoms with van der Waals surface area (Å²) in [5.41, 5.74) is 1.03. The number of hydrogen-bond acceptors (Lipinski definition) is 4. The minimum atomic E-state index is -0.511. The van der Waals surface area contributed by atoms with Gasteiger partial charge in [-0.15, -0.1) is 0 Å². The van der Waals surface area contributed by atoms with Crippen LogP contribution in [0.2, 0.25) is 0 Å². The Morgan fingerprint density at radius 3 is 2.00 bits per heavy atom. The van der Waals surface area contributed by atoms with Crippen LogP contribution in [0.25, 0.3) is 10.8 Å². The highest BCUT2D eigenvalue weighted by molar-refractivity contribution is 6.07. The first-order chi connectivity index (χ1) is 14.5. The van der Waals surface area contributed by atoms with E-state index < -0.39 is 4.92 Å². The number of nitro groups is 1. The second kappa shape index (κ2) is 7.94. The zero-order chi connectivity index (χ0) is 21.3. The maximum absolute atomic E-state index is 13.1. The molecule has 30 heavy (non-hydrogen) atoms. The molecule has 0 N–H and O–H groups in total. The van der Waals surface area contributed by atoms with Crippen LogP contribution in [0.5, 0.6) is 0 Å². The van der Waals surface area contributed by atoms with E-state index in [1.54, 1.807) is 28.9 Å². The van der Waals surface area contributed by atoms with Crippen LogP contribution in [0.1, 0.15) is 26.3 Å². The Hall–Kier alpha value is -3.74. The van der Waals surface area contributed by atoms with E-state index in [0.29, 0.717) is 37.3 Å². The quantitative estimate of drug-likeness (QED) is 0.494. The zero-order valence-corrected chi connectivity index (χ0v) is 16.6. The molecule has 1 heterocycles. The summed E-state index contributed by atoms with van der Waals surface area (Å²) < 4.78 is 0. The average Bonchev–Trinajstić information content (AvgIpc) is 2.77. The van der Waals surface area contributed by atoms with Crippen LogP contribution in [0, 0.1) is 17.0 Å². The Morgan fingerprint density at radius 2 is 1.33 bits per heavy atom. The first kappa shape index (κ1) is 19.6. The van der Waals surface area contributed by atoms with Gasteiger partial charge in [-0.25, -0.2) is 0 Å². The number of carbonyl (C=O) groups is 2. The molecule has 1 aliphatic rings. The van der Waals surface area contributed by atoms with Crippen molar-refractivity contribution < 1.29 is 14.5 Å². The summed E-state index contributed by atoms with van der Waals surface area (Å²) >= 11 is 0. The lowest BCUT2D eigenvalue weighted by molar-refractivity contribution is -0.385. The third-order valence-electron chi connectivity index (χ3n) is 5.52. The van der Waals surface area contributed by atoms with Gasteiger partial charge in [-0.1, -0.05) is 48.5 Å². The van der Waals surface area contributed by atoms with Crippen molar-refractivity contribution in [1.29, 1.82) is 0 Å². The molecule has 3 aromatic rings. The summed E-state index contributed by atoms with van der Waals surface area (Å²) in [6.45, 7) is 3.05. The number of rotatable bonds is 3. The zero-order valence-electron chi connectivity index (χ0n) is 16.6. The standard InChI is InChI=1S/C23H21N3O4/c1-16-6-4-11-20(21(16)26(29)30)23(28)25-14-12-24(13-15-25)22(27)19-10-5-8-17-7-2-3-9-18(17)19/h2-11H,12-15H2,1H3. The van der Waals surface area contributed by atoms with Gasteiger partial charge in [-0.05, 0) is 29.8 Å². The molecule has 1 aliphatic heterocycles. The van der Waals surface area contributed by atoms with Crippen molar-refractivity contribution in [3.8, 4) is 0 Å². The number of fused-ring (bicyclic) bond motifs is 1. The van der Waals surface area contributed by atoms with Gasteiger partial charge in [0.05, 0.1) is 4.92 Å². The SMILES string of the molecule is Cc1cccc(C(=O)N2CCN(C(=O)c3cccc4ccccc34)CC2)c1[N+](=O)[O-]. The highest BCUT2D eigenvalue weighted by Gasteiger charge is 2.30. The molecule has 4 rings (SSSR count). The van der Waals surface area contributed by atoms with Gasteiger partial charge in [0, 0.05) is 37.3 Å². The van der Waals surface area contributed by atoms with Crippen molar-refractivity contribution in [3.63, 3.8) is 0 Å². The number of aryl methyl sites for hydroxylation is 1. The third-order valence-corrected chi connectivity index (χ3v) is 5.52. The van der Waals surface area contributed by atoms with Crippen LogP contribution < -0.4 is 0 Å². The number of piperazine rings is 1. The van der Waals surface area contributed by atoms with Crippen molar-refractivity contribution in [3.05, 3.63) is 87.5 Å². The molecule has 7 nitrogen and oxygen atoms in total. The van der Waals surface area contributed by atoms with Crippen molar-refractivity contribution >= 4 is 28.3 Å². The lowest BCUT2D eigenvalue weighted by Gasteiger charge is -2.35. The summed E-state index contributed by atoms with van der Waals surface area (Å²) in [6.07, 6.45) is 0. The topological polar surface area (TPSA) is 83.8 Å². The molecule has 0 unspecified atom stereocenters. The highest BCUT2D eigenvalue weighted by Crippen LogP contribution is 2.25. The number of amides is 2. The molecular weight excluding hydrogens is 382 g/mol. The fraction of sp³-hybridized carbons (Fsp3) is 0.217. The number of carbonyl (C=O) groups excluding carboxylic acids is 2. The maximum atomic E-state index is 13.1. The van der Waals surface area contributed by atoms with E-state index in [-0.39, 0.29) is 23.1 Å². The summed E-state index contributed by atoms with van der Waals surface area (Å²) in [7, 11) is 0. The molecule has 0 saturated carbocycles. The van der Waals surface area contributed by atoms with E-state index in [9.17, 15) is 19.7 Å². The first-order valence-electron chi connectivity index (χ1n) is 9.77. The molecule has 0 spiro atoms. The molecule has 1 fully saturated rings. The van der Waals surface area contributed by atoms with E-state index in [2.05, 4.69) is 0 Å². The number of nitrogens with zero attached hydrogens (tertiary/aromatic N) is 3. The van der Waals surface area contributed by atoms with E-state index >= 15 is 0 Å². The van der Waals surface area contributed by atoms with E-state index in [1.165, 1.54) is 6.07 Å². The normalized spacial score (nSPS) is 14.0. The minimum absolute atomic E-state index is 0.0690. The summed E-state index contributed by atoms with van der Waals surface area (Å²) in [4.78, 5) is 40.2. The monoisotopic (exact) mass is 403 g/mol. The molecule has 7 heteroatoms. The molecule has 0 atom stereocenters. The molecule has 1 saturated heterocycles. The van der Waals surface area contributed by atoms with Gasteiger partial charge in [-0.2, -0.15) is 0 Å². The van der Waals surface area contributed by atoms with Gasteiger partial charge in [-0.3, -0.25) is 19.7 Å². The predicted octanol–water partition coefficient (Wildman–Crippen LogP) is 3.65. The summed E-state index contributed by atoms with van der Waals surface area (Å²) in [6, 6.07) is 18.2. The Labute approximate surface area is 173 Å².